The van der Waals surface area contributed by atoms with Crippen molar-refractivity contribution in [2.75, 3.05) is 12.5 Å². The Morgan fingerprint density at radius 3 is 1.81 bits per heavy atom. The van der Waals surface area contributed by atoms with Crippen molar-refractivity contribution in [2.24, 2.45) is 0 Å². The molecule has 0 aliphatic rings. The quantitative estimate of drug-likeness (QED) is 0.493. The molecule has 0 spiro atoms. The van der Waals surface area contributed by atoms with E-state index in [-0.39, 0.29) is 5.78 Å². The van der Waals surface area contributed by atoms with E-state index >= 15 is 0 Å². The molecule has 0 radical (unpaired) electrons. The number of allylic oxidation sites excluding steroid dienone is 2. The van der Waals surface area contributed by atoms with Crippen LogP contribution in [0.1, 0.15) is 15.9 Å². The Hall–Kier alpha value is -2.13. The van der Waals surface area contributed by atoms with E-state index in [1.807, 2.05) is 48.5 Å². The van der Waals surface area contributed by atoms with E-state index in [1.54, 1.807) is 36.1 Å². The zero-order valence-corrected chi connectivity index (χ0v) is 13.0. The number of rotatable bonds is 4. The molecule has 108 valence electrons. The van der Waals surface area contributed by atoms with Crippen LogP contribution < -0.4 is 0 Å². The number of ketones is 1. The number of benzene rings is 2. The molecule has 0 unspecified atom stereocenters. The summed E-state index contributed by atoms with van der Waals surface area (Å²) in [7, 11) is -2.09. The topological polar surface area (TPSA) is 34.1 Å². The van der Waals surface area contributed by atoms with Crippen molar-refractivity contribution >= 4 is 26.2 Å². The van der Waals surface area contributed by atoms with Crippen LogP contribution in [0.5, 0.6) is 0 Å². The fourth-order valence-corrected chi connectivity index (χ4v) is 2.76. The lowest BCUT2D eigenvalue weighted by Gasteiger charge is -2.05. The van der Waals surface area contributed by atoms with Crippen LogP contribution in [0.25, 0.3) is 5.57 Å². The summed E-state index contributed by atoms with van der Waals surface area (Å²) in [5, 5.41) is 1.67. The highest BCUT2D eigenvalue weighted by Gasteiger charge is 2.06. The third-order valence-corrected chi connectivity index (χ3v) is 3.68. The standard InChI is InChI=1S/C18H18O2S/c1-21(2,20)14-17(15-9-5-3-6-10-15)13-18(19)16-11-7-4-8-12-16/h3-14H,1-2H3. The first kappa shape index (κ1) is 15.3. The summed E-state index contributed by atoms with van der Waals surface area (Å²) in [5.74, 6) is -0.0886. The van der Waals surface area contributed by atoms with Crippen LogP contribution >= 0.6 is 0 Å². The molecule has 21 heavy (non-hydrogen) atoms. The predicted molar refractivity (Wildman–Crippen MR) is 91.2 cm³/mol. The smallest absolute Gasteiger partial charge is 0.186 e. The zero-order valence-electron chi connectivity index (χ0n) is 12.2. The molecule has 0 atom stereocenters. The molecule has 0 fully saturated rings. The van der Waals surface area contributed by atoms with Crippen LogP contribution in [-0.4, -0.2) is 27.9 Å². The summed E-state index contributed by atoms with van der Waals surface area (Å²) in [6.45, 7) is 0. The summed E-state index contributed by atoms with van der Waals surface area (Å²) in [6.07, 6.45) is 4.88. The molecule has 2 aromatic carbocycles. The second-order valence-corrected chi connectivity index (χ2v) is 7.98. The summed E-state index contributed by atoms with van der Waals surface area (Å²) < 4.78 is 12.1. The maximum atomic E-state index is 12.3. The summed E-state index contributed by atoms with van der Waals surface area (Å²) in [4.78, 5) is 12.3. The van der Waals surface area contributed by atoms with Gasteiger partial charge in [-0.1, -0.05) is 60.7 Å². The first-order chi connectivity index (χ1) is 9.96. The van der Waals surface area contributed by atoms with Gasteiger partial charge in [-0.25, -0.2) is 0 Å². The van der Waals surface area contributed by atoms with E-state index in [4.69, 9.17) is 0 Å². The minimum atomic E-state index is -2.09. The number of carbonyl (C=O) groups excluding carboxylic acids is 1. The van der Waals surface area contributed by atoms with Crippen molar-refractivity contribution in [1.82, 2.24) is 0 Å². The minimum absolute atomic E-state index is 0.0886. The maximum Gasteiger partial charge on any atom is 0.186 e. The van der Waals surface area contributed by atoms with E-state index in [0.29, 0.717) is 11.1 Å². The van der Waals surface area contributed by atoms with Gasteiger partial charge in [-0.15, -0.1) is 0 Å². The second-order valence-electron chi connectivity index (χ2n) is 5.12. The molecule has 0 saturated heterocycles. The fraction of sp³-hybridized carbons (Fsp3) is 0.111. The van der Waals surface area contributed by atoms with Gasteiger partial charge >= 0.3 is 0 Å². The molecule has 0 saturated carbocycles. The Balaban J connectivity index is 2.48. The van der Waals surface area contributed by atoms with Gasteiger partial charge in [-0.2, -0.15) is 0 Å². The monoisotopic (exact) mass is 298 g/mol. The Morgan fingerprint density at radius 1 is 0.857 bits per heavy atom. The Labute approximate surface area is 126 Å². The van der Waals surface area contributed by atoms with Crippen LogP contribution in [0.3, 0.4) is 0 Å². The van der Waals surface area contributed by atoms with Crippen molar-refractivity contribution in [3.63, 3.8) is 0 Å². The van der Waals surface area contributed by atoms with Gasteiger partial charge in [0.1, 0.15) is 0 Å². The highest BCUT2D eigenvalue weighted by atomic mass is 32.2. The Bertz CT molecular complexity index is 757. The Morgan fingerprint density at radius 2 is 1.33 bits per heavy atom. The molecule has 2 nitrogen and oxygen atoms in total. The van der Waals surface area contributed by atoms with Crippen molar-refractivity contribution in [1.29, 1.82) is 0 Å². The van der Waals surface area contributed by atoms with Crippen molar-refractivity contribution in [2.45, 2.75) is 0 Å². The van der Waals surface area contributed by atoms with Crippen molar-refractivity contribution < 1.29 is 9.00 Å². The van der Waals surface area contributed by atoms with Crippen LogP contribution in [0.4, 0.5) is 0 Å². The molecule has 3 heteroatoms. The average molecular weight is 298 g/mol. The van der Waals surface area contributed by atoms with Gasteiger partial charge in [0.05, 0.1) is 0 Å². The van der Waals surface area contributed by atoms with Crippen LogP contribution in [-0.2, 0) is 9.52 Å². The molecule has 0 amide bonds. The first-order valence-corrected chi connectivity index (χ1v) is 9.05. The van der Waals surface area contributed by atoms with Crippen LogP contribution in [0, 0.1) is 0 Å². The summed E-state index contributed by atoms with van der Waals surface area (Å²) in [5.41, 5.74) is 2.20. The molecule has 0 aliphatic carbocycles. The largest absolute Gasteiger partial charge is 0.289 e. The molecule has 0 aliphatic heterocycles. The van der Waals surface area contributed by atoms with E-state index in [9.17, 15) is 9.00 Å². The fourth-order valence-electron chi connectivity index (χ4n) is 1.95. The van der Waals surface area contributed by atoms with E-state index in [1.165, 1.54) is 0 Å². The lowest BCUT2D eigenvalue weighted by Crippen LogP contribution is -2.03. The molecule has 0 N–H and O–H groups in total. The lowest BCUT2D eigenvalue weighted by atomic mass is 10.0. The van der Waals surface area contributed by atoms with Crippen molar-refractivity contribution in [3.8, 4) is 0 Å². The highest BCUT2D eigenvalue weighted by molar-refractivity contribution is 8.00. The van der Waals surface area contributed by atoms with E-state index in [2.05, 4.69) is 0 Å². The third kappa shape index (κ3) is 4.72. The number of hydrogen-bond donors (Lipinski definition) is 0. The van der Waals surface area contributed by atoms with Gasteiger partial charge in [0.25, 0.3) is 0 Å². The molecule has 0 bridgehead atoms. The summed E-state index contributed by atoms with van der Waals surface area (Å²) >= 11 is 0. The Kier molecular flexibility index (Phi) is 4.76. The SMILES string of the molecule is CS(C)(=O)=CC(=CC(=O)c1ccccc1)c1ccccc1. The van der Waals surface area contributed by atoms with Crippen LogP contribution in [0.2, 0.25) is 0 Å². The van der Waals surface area contributed by atoms with Crippen molar-refractivity contribution in [3.05, 3.63) is 77.9 Å². The third-order valence-electron chi connectivity index (χ3n) is 2.86. The number of carbonyl (C=O) groups is 1. The molecular weight excluding hydrogens is 280 g/mol. The normalized spacial score (nSPS) is 12.0. The summed E-state index contributed by atoms with van der Waals surface area (Å²) in [6, 6.07) is 18.6. The van der Waals surface area contributed by atoms with Gasteiger partial charge < -0.3 is 0 Å². The van der Waals surface area contributed by atoms with E-state index in [0.717, 1.165) is 5.56 Å². The highest BCUT2D eigenvalue weighted by Crippen LogP contribution is 2.14. The lowest BCUT2D eigenvalue weighted by molar-refractivity contribution is 0.104. The van der Waals surface area contributed by atoms with Gasteiger partial charge in [0, 0.05) is 18.1 Å². The molecule has 2 aromatic rings. The van der Waals surface area contributed by atoms with Gasteiger partial charge in [-0.3, -0.25) is 9.00 Å². The zero-order chi connectivity index (χ0) is 15.3. The minimum Gasteiger partial charge on any atom is -0.289 e. The molecular formula is C18H18O2S. The first-order valence-electron chi connectivity index (χ1n) is 6.61. The van der Waals surface area contributed by atoms with Crippen LogP contribution in [0.15, 0.2) is 66.7 Å². The predicted octanol–water partition coefficient (Wildman–Crippen LogP) is 3.30. The van der Waals surface area contributed by atoms with E-state index < -0.39 is 9.52 Å². The maximum absolute atomic E-state index is 12.3. The second kappa shape index (κ2) is 6.55. The molecule has 2 rings (SSSR count). The van der Waals surface area contributed by atoms with Gasteiger partial charge in [0.15, 0.2) is 5.78 Å². The average Bonchev–Trinajstić information content (AvgIpc) is 2.47. The molecule has 0 heterocycles. The number of hydrogen-bond acceptors (Lipinski definition) is 2. The van der Waals surface area contributed by atoms with Gasteiger partial charge in [0.2, 0.25) is 0 Å². The van der Waals surface area contributed by atoms with Gasteiger partial charge in [-0.05, 0) is 32.1 Å². The molecule has 0 aromatic heterocycles.